The molecule has 0 saturated heterocycles. The highest BCUT2D eigenvalue weighted by molar-refractivity contribution is 5.94. The average molecular weight is 272 g/mol. The minimum Gasteiger partial charge on any atom is -0.496 e. The molecule has 1 heterocycles. The maximum atomic E-state index is 11.9. The van der Waals surface area contributed by atoms with E-state index in [1.165, 1.54) is 24.7 Å². The van der Waals surface area contributed by atoms with Crippen molar-refractivity contribution >= 4 is 5.78 Å². The van der Waals surface area contributed by atoms with Crippen molar-refractivity contribution in [3.8, 4) is 17.0 Å². The van der Waals surface area contributed by atoms with E-state index in [1.807, 2.05) is 25.1 Å². The van der Waals surface area contributed by atoms with Gasteiger partial charge in [0.05, 0.1) is 18.4 Å². The summed E-state index contributed by atoms with van der Waals surface area (Å²) in [6.07, 6.45) is 0. The monoisotopic (exact) mass is 272 g/mol. The molecule has 0 bridgehead atoms. The number of nitrogens with zero attached hydrogens (tertiary/aromatic N) is 2. The van der Waals surface area contributed by atoms with E-state index in [4.69, 9.17) is 4.74 Å². The van der Waals surface area contributed by atoms with Crippen molar-refractivity contribution in [2.45, 2.75) is 13.8 Å². The van der Waals surface area contributed by atoms with E-state index < -0.39 is 5.56 Å². The Labute approximate surface area is 116 Å². The molecule has 1 aromatic carbocycles. The van der Waals surface area contributed by atoms with Crippen molar-refractivity contribution < 1.29 is 9.53 Å². The summed E-state index contributed by atoms with van der Waals surface area (Å²) in [6, 6.07) is 7.19. The Kier molecular flexibility index (Phi) is 3.70. The van der Waals surface area contributed by atoms with Crippen molar-refractivity contribution in [1.82, 2.24) is 9.78 Å². The first-order valence-electron chi connectivity index (χ1n) is 6.18. The van der Waals surface area contributed by atoms with Gasteiger partial charge in [0.15, 0.2) is 5.78 Å². The maximum Gasteiger partial charge on any atom is 0.277 e. The van der Waals surface area contributed by atoms with Crippen LogP contribution in [0.4, 0.5) is 0 Å². The van der Waals surface area contributed by atoms with E-state index in [-0.39, 0.29) is 11.3 Å². The van der Waals surface area contributed by atoms with Gasteiger partial charge in [-0.05, 0) is 32.0 Å². The molecule has 5 heteroatoms. The van der Waals surface area contributed by atoms with E-state index in [9.17, 15) is 9.59 Å². The van der Waals surface area contributed by atoms with Gasteiger partial charge in [-0.3, -0.25) is 9.59 Å². The zero-order valence-corrected chi connectivity index (χ0v) is 11.9. The molecule has 0 fully saturated rings. The highest BCUT2D eigenvalue weighted by Crippen LogP contribution is 2.29. The Morgan fingerprint density at radius 3 is 2.60 bits per heavy atom. The molecule has 20 heavy (non-hydrogen) atoms. The Hall–Kier alpha value is -2.43. The van der Waals surface area contributed by atoms with Crippen molar-refractivity contribution in [3.05, 3.63) is 45.7 Å². The fourth-order valence-electron chi connectivity index (χ4n) is 2.01. The standard InChI is InChI=1S/C15H16N2O3/c1-9-5-6-14(20-4)12(7-9)13-8-11(10(2)18)15(19)17(3)16-13/h5-8H,1-4H3. The van der Waals surface area contributed by atoms with Crippen LogP contribution in [0.25, 0.3) is 11.3 Å². The number of hydrogen-bond donors (Lipinski definition) is 0. The molecule has 0 aliphatic rings. The number of ether oxygens (including phenoxy) is 1. The number of Topliss-reactive ketones (excluding diaryl/α,β-unsaturated/α-hetero) is 1. The van der Waals surface area contributed by atoms with E-state index in [0.29, 0.717) is 11.4 Å². The first kappa shape index (κ1) is 14.0. The molecule has 5 nitrogen and oxygen atoms in total. The highest BCUT2D eigenvalue weighted by atomic mass is 16.5. The second-order valence-electron chi connectivity index (χ2n) is 4.63. The van der Waals surface area contributed by atoms with Gasteiger partial charge in [-0.25, -0.2) is 4.68 Å². The zero-order valence-electron chi connectivity index (χ0n) is 11.9. The molecular weight excluding hydrogens is 256 g/mol. The first-order chi connectivity index (χ1) is 9.43. The molecule has 0 radical (unpaired) electrons. The normalized spacial score (nSPS) is 10.4. The van der Waals surface area contributed by atoms with Crippen LogP contribution in [-0.4, -0.2) is 22.7 Å². The van der Waals surface area contributed by atoms with Crippen molar-refractivity contribution in [3.63, 3.8) is 0 Å². The van der Waals surface area contributed by atoms with Gasteiger partial charge in [0.1, 0.15) is 5.75 Å². The maximum absolute atomic E-state index is 11.9. The second-order valence-corrected chi connectivity index (χ2v) is 4.63. The summed E-state index contributed by atoms with van der Waals surface area (Å²) in [5.41, 5.74) is 2.07. The SMILES string of the molecule is COc1ccc(C)cc1-c1cc(C(C)=O)c(=O)n(C)n1. The molecule has 104 valence electrons. The van der Waals surface area contributed by atoms with Crippen LogP contribution < -0.4 is 10.3 Å². The smallest absolute Gasteiger partial charge is 0.277 e. The van der Waals surface area contributed by atoms with E-state index in [0.717, 1.165) is 11.1 Å². The minimum absolute atomic E-state index is 0.126. The van der Waals surface area contributed by atoms with Gasteiger partial charge in [-0.1, -0.05) is 11.6 Å². The number of aromatic nitrogens is 2. The Morgan fingerprint density at radius 1 is 1.30 bits per heavy atom. The number of benzene rings is 1. The lowest BCUT2D eigenvalue weighted by molar-refractivity contribution is 0.101. The lowest BCUT2D eigenvalue weighted by Crippen LogP contribution is -2.25. The molecule has 0 amide bonds. The second kappa shape index (κ2) is 5.28. The molecule has 0 saturated carbocycles. The topological polar surface area (TPSA) is 61.2 Å². The molecule has 0 unspecified atom stereocenters. The van der Waals surface area contributed by atoms with Gasteiger partial charge >= 0.3 is 0 Å². The van der Waals surface area contributed by atoms with Gasteiger partial charge in [0.2, 0.25) is 0 Å². The van der Waals surface area contributed by atoms with E-state index in [2.05, 4.69) is 5.10 Å². The van der Waals surface area contributed by atoms with Gasteiger partial charge in [0, 0.05) is 12.6 Å². The lowest BCUT2D eigenvalue weighted by atomic mass is 10.1. The van der Waals surface area contributed by atoms with Crippen LogP contribution in [0, 0.1) is 6.92 Å². The Balaban J connectivity index is 2.73. The first-order valence-corrected chi connectivity index (χ1v) is 6.18. The van der Waals surface area contributed by atoms with Gasteiger partial charge in [0.25, 0.3) is 5.56 Å². The summed E-state index contributed by atoms with van der Waals surface area (Å²) in [5.74, 6) is 0.372. The van der Waals surface area contributed by atoms with Gasteiger partial charge < -0.3 is 4.74 Å². The van der Waals surface area contributed by atoms with Crippen molar-refractivity contribution in [2.24, 2.45) is 7.05 Å². The molecule has 0 aliphatic heterocycles. The van der Waals surface area contributed by atoms with Crippen LogP contribution in [0.1, 0.15) is 22.8 Å². The van der Waals surface area contributed by atoms with Crippen LogP contribution in [0.3, 0.4) is 0 Å². The number of aryl methyl sites for hydroxylation is 2. The number of ketones is 1. The largest absolute Gasteiger partial charge is 0.496 e. The van der Waals surface area contributed by atoms with Crippen LogP contribution in [0.15, 0.2) is 29.1 Å². The number of carbonyl (C=O) groups is 1. The third-order valence-corrected chi connectivity index (χ3v) is 3.07. The third kappa shape index (κ3) is 2.47. The van der Waals surface area contributed by atoms with Crippen molar-refractivity contribution in [1.29, 1.82) is 0 Å². The number of hydrogen-bond acceptors (Lipinski definition) is 4. The zero-order chi connectivity index (χ0) is 14.9. The molecule has 0 aliphatic carbocycles. The van der Waals surface area contributed by atoms with E-state index >= 15 is 0 Å². The Morgan fingerprint density at radius 2 is 2.00 bits per heavy atom. The number of rotatable bonds is 3. The third-order valence-electron chi connectivity index (χ3n) is 3.07. The van der Waals surface area contributed by atoms with Crippen LogP contribution in [0.2, 0.25) is 0 Å². The van der Waals surface area contributed by atoms with Gasteiger partial charge in [-0.2, -0.15) is 5.10 Å². The molecule has 2 rings (SSSR count). The molecule has 0 atom stereocenters. The molecular formula is C15H16N2O3. The van der Waals surface area contributed by atoms with Gasteiger partial charge in [-0.15, -0.1) is 0 Å². The molecule has 0 spiro atoms. The minimum atomic E-state index is -0.395. The Bertz CT molecular complexity index is 732. The quantitative estimate of drug-likeness (QED) is 0.801. The summed E-state index contributed by atoms with van der Waals surface area (Å²) in [5, 5.41) is 4.21. The summed E-state index contributed by atoms with van der Waals surface area (Å²) < 4.78 is 6.49. The molecule has 0 N–H and O–H groups in total. The lowest BCUT2D eigenvalue weighted by Gasteiger charge is -2.10. The van der Waals surface area contributed by atoms with E-state index in [1.54, 1.807) is 7.11 Å². The highest BCUT2D eigenvalue weighted by Gasteiger charge is 2.14. The molecule has 2 aromatic rings. The van der Waals surface area contributed by atoms with Crippen LogP contribution in [0.5, 0.6) is 5.75 Å². The van der Waals surface area contributed by atoms with Crippen LogP contribution >= 0.6 is 0 Å². The molecule has 1 aromatic heterocycles. The fourth-order valence-corrected chi connectivity index (χ4v) is 2.01. The predicted octanol–water partition coefficient (Wildman–Crippen LogP) is 1.97. The summed E-state index contributed by atoms with van der Waals surface area (Å²) in [7, 11) is 3.10. The predicted molar refractivity (Wildman–Crippen MR) is 76.2 cm³/mol. The average Bonchev–Trinajstić information content (AvgIpc) is 2.41. The number of methoxy groups -OCH3 is 1. The summed E-state index contributed by atoms with van der Waals surface area (Å²) >= 11 is 0. The number of carbonyl (C=O) groups excluding carboxylic acids is 1. The van der Waals surface area contributed by atoms with Crippen molar-refractivity contribution in [2.75, 3.05) is 7.11 Å². The summed E-state index contributed by atoms with van der Waals surface area (Å²) in [4.78, 5) is 23.4. The summed E-state index contributed by atoms with van der Waals surface area (Å²) in [6.45, 7) is 3.32. The van der Waals surface area contributed by atoms with Crippen LogP contribution in [-0.2, 0) is 7.05 Å². The fraction of sp³-hybridized carbons (Fsp3) is 0.267.